The predicted molar refractivity (Wildman–Crippen MR) is 58.7 cm³/mol. The maximum Gasteiger partial charge on any atom is 0.298 e. The first-order chi connectivity index (χ1) is 7.49. The Bertz CT molecular complexity index is 451. The minimum atomic E-state index is -0.660. The molecule has 1 rings (SSSR count). The number of amides is 2. The van der Waals surface area contributed by atoms with Crippen molar-refractivity contribution in [2.45, 2.75) is 6.92 Å². The van der Waals surface area contributed by atoms with Gasteiger partial charge in [0.05, 0.1) is 0 Å². The SMILES string of the molecule is CC(=O)Nc1cccc(C(=O)N=C(N)N)n1. The molecule has 0 unspecified atom stereocenters. The summed E-state index contributed by atoms with van der Waals surface area (Å²) in [5.74, 6) is -1.01. The minimum absolute atomic E-state index is 0.0552. The lowest BCUT2D eigenvalue weighted by Gasteiger charge is -2.01. The summed E-state index contributed by atoms with van der Waals surface area (Å²) in [6.45, 7) is 1.34. The van der Waals surface area contributed by atoms with Gasteiger partial charge in [-0.25, -0.2) is 4.98 Å². The first kappa shape index (κ1) is 11.6. The number of anilines is 1. The van der Waals surface area contributed by atoms with E-state index in [0.717, 1.165) is 0 Å². The average molecular weight is 221 g/mol. The van der Waals surface area contributed by atoms with E-state index in [1.165, 1.54) is 13.0 Å². The number of nitrogens with zero attached hydrogens (tertiary/aromatic N) is 2. The van der Waals surface area contributed by atoms with E-state index in [-0.39, 0.29) is 23.4 Å². The Labute approximate surface area is 91.6 Å². The number of nitrogens with one attached hydrogen (secondary N) is 1. The van der Waals surface area contributed by atoms with Gasteiger partial charge in [0.2, 0.25) is 5.91 Å². The lowest BCUT2D eigenvalue weighted by molar-refractivity contribution is -0.114. The van der Waals surface area contributed by atoms with Gasteiger partial charge in [-0.15, -0.1) is 0 Å². The molecule has 2 amide bonds. The van der Waals surface area contributed by atoms with Crippen LogP contribution in [0.3, 0.4) is 0 Å². The number of aromatic nitrogens is 1. The molecule has 84 valence electrons. The van der Waals surface area contributed by atoms with E-state index in [2.05, 4.69) is 15.3 Å². The summed E-state index contributed by atoms with van der Waals surface area (Å²) in [5, 5.41) is 2.44. The van der Waals surface area contributed by atoms with E-state index in [1.807, 2.05) is 0 Å². The molecule has 0 radical (unpaired) electrons. The molecule has 1 heterocycles. The molecule has 0 saturated carbocycles. The molecular weight excluding hydrogens is 210 g/mol. The summed E-state index contributed by atoms with van der Waals surface area (Å²) >= 11 is 0. The van der Waals surface area contributed by atoms with Gasteiger partial charge >= 0.3 is 0 Å². The fraction of sp³-hybridized carbons (Fsp3) is 0.111. The molecule has 0 aliphatic carbocycles. The van der Waals surface area contributed by atoms with Crippen LogP contribution in [0.2, 0.25) is 0 Å². The molecule has 0 fully saturated rings. The van der Waals surface area contributed by atoms with Crippen LogP contribution in [0.25, 0.3) is 0 Å². The van der Waals surface area contributed by atoms with Gasteiger partial charge in [0.15, 0.2) is 5.96 Å². The van der Waals surface area contributed by atoms with Gasteiger partial charge in [-0.05, 0) is 12.1 Å². The number of carbonyl (C=O) groups excluding carboxylic acids is 2. The van der Waals surface area contributed by atoms with Crippen LogP contribution in [0.5, 0.6) is 0 Å². The predicted octanol–water partition coefficient (Wildman–Crippen LogP) is -0.546. The van der Waals surface area contributed by atoms with Crippen molar-refractivity contribution in [2.24, 2.45) is 16.5 Å². The van der Waals surface area contributed by atoms with Gasteiger partial charge in [0.1, 0.15) is 11.5 Å². The molecule has 0 spiro atoms. The Morgan fingerprint density at radius 2 is 2.06 bits per heavy atom. The number of rotatable bonds is 2. The third-order valence-electron chi connectivity index (χ3n) is 1.50. The van der Waals surface area contributed by atoms with Gasteiger partial charge in [-0.2, -0.15) is 4.99 Å². The molecule has 0 atom stereocenters. The molecule has 1 aromatic rings. The molecule has 0 saturated heterocycles. The standard InChI is InChI=1S/C9H11N5O2/c1-5(15)12-7-4-2-3-6(13-7)8(16)14-9(10)11/h2-4H,1H3,(H,12,13,15)(H4,10,11,14,16). The molecule has 0 aromatic carbocycles. The fourth-order valence-electron chi connectivity index (χ4n) is 0.978. The molecule has 5 N–H and O–H groups in total. The third kappa shape index (κ3) is 3.37. The number of carbonyl (C=O) groups is 2. The lowest BCUT2D eigenvalue weighted by atomic mass is 10.3. The van der Waals surface area contributed by atoms with Gasteiger partial charge < -0.3 is 16.8 Å². The Hall–Kier alpha value is -2.44. The van der Waals surface area contributed by atoms with Crippen molar-refractivity contribution >= 4 is 23.6 Å². The van der Waals surface area contributed by atoms with E-state index >= 15 is 0 Å². The number of hydrogen-bond donors (Lipinski definition) is 3. The van der Waals surface area contributed by atoms with Gasteiger partial charge in [0, 0.05) is 6.92 Å². The molecule has 0 bridgehead atoms. The number of hydrogen-bond acceptors (Lipinski definition) is 3. The second kappa shape index (κ2) is 4.87. The van der Waals surface area contributed by atoms with Crippen LogP contribution in [0.4, 0.5) is 5.82 Å². The van der Waals surface area contributed by atoms with Crippen molar-refractivity contribution in [3.05, 3.63) is 23.9 Å². The van der Waals surface area contributed by atoms with Crippen molar-refractivity contribution in [3.63, 3.8) is 0 Å². The van der Waals surface area contributed by atoms with E-state index in [4.69, 9.17) is 11.5 Å². The van der Waals surface area contributed by atoms with Crippen LogP contribution in [0.15, 0.2) is 23.2 Å². The van der Waals surface area contributed by atoms with Crippen LogP contribution in [0, 0.1) is 0 Å². The highest BCUT2D eigenvalue weighted by Gasteiger charge is 2.07. The van der Waals surface area contributed by atoms with Crippen LogP contribution in [-0.4, -0.2) is 22.8 Å². The molecule has 0 aliphatic rings. The Morgan fingerprint density at radius 3 is 2.62 bits per heavy atom. The summed E-state index contributed by atoms with van der Waals surface area (Å²) in [4.78, 5) is 29.3. The van der Waals surface area contributed by atoms with Crippen LogP contribution < -0.4 is 16.8 Å². The molecule has 1 aromatic heterocycles. The molecule has 16 heavy (non-hydrogen) atoms. The van der Waals surface area contributed by atoms with E-state index in [9.17, 15) is 9.59 Å². The first-order valence-corrected chi connectivity index (χ1v) is 4.37. The summed E-state index contributed by atoms with van der Waals surface area (Å²) in [6.07, 6.45) is 0. The first-order valence-electron chi connectivity index (χ1n) is 4.37. The summed E-state index contributed by atoms with van der Waals surface area (Å²) < 4.78 is 0. The number of nitrogens with two attached hydrogens (primary N) is 2. The van der Waals surface area contributed by atoms with E-state index < -0.39 is 5.91 Å². The molecule has 0 aliphatic heterocycles. The number of guanidine groups is 1. The zero-order valence-corrected chi connectivity index (χ0v) is 8.60. The largest absolute Gasteiger partial charge is 0.370 e. The van der Waals surface area contributed by atoms with Crippen LogP contribution >= 0.6 is 0 Å². The van der Waals surface area contributed by atoms with Crippen LogP contribution in [0.1, 0.15) is 17.4 Å². The highest BCUT2D eigenvalue weighted by Crippen LogP contribution is 2.05. The maximum atomic E-state index is 11.4. The Morgan fingerprint density at radius 1 is 1.38 bits per heavy atom. The van der Waals surface area contributed by atoms with Crippen LogP contribution in [-0.2, 0) is 4.79 Å². The molecule has 7 heteroatoms. The van der Waals surface area contributed by atoms with Crippen molar-refractivity contribution in [2.75, 3.05) is 5.32 Å². The second-order valence-corrected chi connectivity index (χ2v) is 2.93. The highest BCUT2D eigenvalue weighted by atomic mass is 16.2. The summed E-state index contributed by atoms with van der Waals surface area (Å²) in [7, 11) is 0. The zero-order chi connectivity index (χ0) is 12.1. The van der Waals surface area contributed by atoms with Crippen molar-refractivity contribution in [1.29, 1.82) is 0 Å². The normalized spacial score (nSPS) is 9.31. The van der Waals surface area contributed by atoms with E-state index in [0.29, 0.717) is 0 Å². The molecule has 7 nitrogen and oxygen atoms in total. The Kier molecular flexibility index (Phi) is 3.54. The van der Waals surface area contributed by atoms with Gasteiger partial charge in [0.25, 0.3) is 5.91 Å². The quantitative estimate of drug-likeness (QED) is 0.456. The van der Waals surface area contributed by atoms with Crippen molar-refractivity contribution < 1.29 is 9.59 Å². The zero-order valence-electron chi connectivity index (χ0n) is 8.60. The van der Waals surface area contributed by atoms with Crippen molar-refractivity contribution in [3.8, 4) is 0 Å². The smallest absolute Gasteiger partial charge is 0.298 e. The molecular formula is C9H11N5O2. The monoisotopic (exact) mass is 221 g/mol. The topological polar surface area (TPSA) is 123 Å². The fourth-order valence-corrected chi connectivity index (χ4v) is 0.978. The Balaban J connectivity index is 2.94. The maximum absolute atomic E-state index is 11.4. The number of pyridine rings is 1. The second-order valence-electron chi connectivity index (χ2n) is 2.93. The van der Waals surface area contributed by atoms with Gasteiger partial charge in [-0.1, -0.05) is 6.07 Å². The minimum Gasteiger partial charge on any atom is -0.370 e. The van der Waals surface area contributed by atoms with Crippen molar-refractivity contribution in [1.82, 2.24) is 4.98 Å². The third-order valence-corrected chi connectivity index (χ3v) is 1.50. The lowest BCUT2D eigenvalue weighted by Crippen LogP contribution is -2.24. The summed E-state index contributed by atoms with van der Waals surface area (Å²) in [6, 6.07) is 4.56. The summed E-state index contributed by atoms with van der Waals surface area (Å²) in [5.41, 5.74) is 10.2. The average Bonchev–Trinajstić information content (AvgIpc) is 2.16. The highest BCUT2D eigenvalue weighted by molar-refractivity contribution is 6.01. The number of aliphatic imine (C=N–C) groups is 1. The van der Waals surface area contributed by atoms with E-state index in [1.54, 1.807) is 12.1 Å². The van der Waals surface area contributed by atoms with Gasteiger partial charge in [-0.3, -0.25) is 9.59 Å².